The zero-order chi connectivity index (χ0) is 24.4. The molecule has 176 valence electrons. The summed E-state index contributed by atoms with van der Waals surface area (Å²) in [5, 5.41) is 18.2. The Morgan fingerprint density at radius 1 is 1.03 bits per heavy atom. The molecule has 0 bridgehead atoms. The van der Waals surface area contributed by atoms with E-state index in [0.29, 0.717) is 23.7 Å². The van der Waals surface area contributed by atoms with E-state index in [2.05, 4.69) is 20.9 Å². The highest BCUT2D eigenvalue weighted by Crippen LogP contribution is 2.29. The molecule has 1 aromatic heterocycles. The summed E-state index contributed by atoms with van der Waals surface area (Å²) in [5.74, 6) is -1.20. The van der Waals surface area contributed by atoms with Crippen LogP contribution in [0.1, 0.15) is 28.8 Å². The largest absolute Gasteiger partial charge is 0.480 e. The normalized spacial score (nSPS) is 13.9. The number of carboxylic acid groups (broad SMARTS) is 1. The number of hydrogen-bond acceptors (Lipinski definition) is 7. The molecule has 1 aliphatic carbocycles. The van der Waals surface area contributed by atoms with Gasteiger partial charge >= 0.3 is 5.97 Å². The number of halogens is 2. The Morgan fingerprint density at radius 2 is 1.65 bits per heavy atom. The first kappa shape index (κ1) is 23.7. The second kappa shape index (κ2) is 9.82. The van der Waals surface area contributed by atoms with Crippen molar-refractivity contribution in [3.8, 4) is 0 Å². The minimum absolute atomic E-state index is 0.00745. The number of pyridine rings is 1. The number of carbonyl (C=O) groups is 2. The van der Waals surface area contributed by atoms with Crippen molar-refractivity contribution in [1.29, 1.82) is 0 Å². The third kappa shape index (κ3) is 5.21. The van der Waals surface area contributed by atoms with Gasteiger partial charge in [-0.15, -0.1) is 0 Å². The van der Waals surface area contributed by atoms with Crippen molar-refractivity contribution in [3.63, 3.8) is 0 Å². The highest BCUT2D eigenvalue weighted by molar-refractivity contribution is 6.40. The maximum absolute atomic E-state index is 12.5. The van der Waals surface area contributed by atoms with Crippen LogP contribution in [0.15, 0.2) is 46.2 Å². The van der Waals surface area contributed by atoms with Gasteiger partial charge in [0.15, 0.2) is 0 Å². The van der Waals surface area contributed by atoms with E-state index in [1.54, 1.807) is 24.3 Å². The number of anilines is 3. The molecule has 4 N–H and O–H groups in total. The number of benzene rings is 1. The molecule has 9 nitrogen and oxygen atoms in total. The summed E-state index contributed by atoms with van der Waals surface area (Å²) in [4.78, 5) is 52.0. The zero-order valence-electron chi connectivity index (χ0n) is 17.7. The molecule has 34 heavy (non-hydrogen) atoms. The van der Waals surface area contributed by atoms with Crippen molar-refractivity contribution in [2.24, 2.45) is 5.92 Å². The van der Waals surface area contributed by atoms with E-state index in [4.69, 9.17) is 23.2 Å². The van der Waals surface area contributed by atoms with Gasteiger partial charge in [0, 0.05) is 31.0 Å². The fourth-order valence-corrected chi connectivity index (χ4v) is 3.96. The number of nitrogens with zero attached hydrogens (tertiary/aromatic N) is 1. The number of carboxylic acids is 1. The summed E-state index contributed by atoms with van der Waals surface area (Å²) in [5.41, 5.74) is -0.0206. The highest BCUT2D eigenvalue weighted by Gasteiger charge is 2.28. The molecule has 1 heterocycles. The molecule has 0 radical (unpaired) electrons. The van der Waals surface area contributed by atoms with E-state index in [-0.39, 0.29) is 33.4 Å². The van der Waals surface area contributed by atoms with Crippen molar-refractivity contribution in [1.82, 2.24) is 4.98 Å². The standard InChI is InChI=1S/C23H20Cl2N4O5/c24-14-9-26-10-15(25)17(14)22(32)28-13-5-3-11(4-6-13)7-16(23(33)34)29-19-18(20(30)21(19)31)27-8-12-1-2-12/h3-6,9-10,12,16,27,29H,1-2,7-8H2,(H,28,32)(H,33,34)/t16-/m0/s1. The summed E-state index contributed by atoms with van der Waals surface area (Å²) < 4.78 is 0. The SMILES string of the molecule is O=C(Nc1ccc(C[C@H](Nc2c(NCC3CC3)c(=O)c2=O)C(=O)O)cc1)c1c(Cl)cncc1Cl. The smallest absolute Gasteiger partial charge is 0.326 e. The molecule has 0 saturated heterocycles. The van der Waals surface area contributed by atoms with E-state index in [0.717, 1.165) is 12.8 Å². The Morgan fingerprint density at radius 3 is 2.24 bits per heavy atom. The lowest BCUT2D eigenvalue weighted by Gasteiger charge is -2.20. The molecule has 1 aliphatic rings. The van der Waals surface area contributed by atoms with Crippen LogP contribution in [0.5, 0.6) is 0 Å². The number of carbonyl (C=O) groups excluding carboxylic acids is 1. The fourth-order valence-electron chi connectivity index (χ4n) is 3.42. The maximum Gasteiger partial charge on any atom is 0.326 e. The Balaban J connectivity index is 1.42. The Kier molecular flexibility index (Phi) is 6.85. The first-order chi connectivity index (χ1) is 16.2. The quantitative estimate of drug-likeness (QED) is 0.310. The minimum Gasteiger partial charge on any atom is -0.480 e. The summed E-state index contributed by atoms with van der Waals surface area (Å²) >= 11 is 12.0. The molecule has 1 saturated carbocycles. The average Bonchev–Trinajstić information content (AvgIpc) is 3.62. The van der Waals surface area contributed by atoms with Crippen LogP contribution in [0.3, 0.4) is 0 Å². The van der Waals surface area contributed by atoms with Crippen LogP contribution >= 0.6 is 23.2 Å². The van der Waals surface area contributed by atoms with E-state index < -0.39 is 28.8 Å². The van der Waals surface area contributed by atoms with Crippen LogP contribution in [0.25, 0.3) is 0 Å². The highest BCUT2D eigenvalue weighted by atomic mass is 35.5. The summed E-state index contributed by atoms with van der Waals surface area (Å²) in [6, 6.07) is 5.39. The number of rotatable bonds is 10. The molecule has 1 atom stereocenters. The van der Waals surface area contributed by atoms with E-state index in [1.165, 1.54) is 12.4 Å². The molecule has 11 heteroatoms. The van der Waals surface area contributed by atoms with Gasteiger partial charge in [-0.2, -0.15) is 0 Å². The van der Waals surface area contributed by atoms with Crippen molar-refractivity contribution in [3.05, 3.63) is 78.3 Å². The lowest BCUT2D eigenvalue weighted by molar-refractivity contribution is -0.137. The predicted molar refractivity (Wildman–Crippen MR) is 130 cm³/mol. The van der Waals surface area contributed by atoms with Crippen LogP contribution in [0, 0.1) is 5.92 Å². The molecule has 2 aromatic carbocycles. The molecule has 1 amide bonds. The number of hydrogen-bond donors (Lipinski definition) is 4. The van der Waals surface area contributed by atoms with E-state index >= 15 is 0 Å². The topological polar surface area (TPSA) is 137 Å². The van der Waals surface area contributed by atoms with Crippen LogP contribution in [-0.2, 0) is 11.2 Å². The van der Waals surface area contributed by atoms with Crippen molar-refractivity contribution < 1.29 is 14.7 Å². The first-order valence-electron chi connectivity index (χ1n) is 10.5. The summed E-state index contributed by atoms with van der Waals surface area (Å²) in [7, 11) is 0. The Hall–Kier alpha value is -3.43. The van der Waals surface area contributed by atoms with E-state index in [1.807, 2.05) is 0 Å². The molecule has 3 aromatic rings. The van der Waals surface area contributed by atoms with Gasteiger partial charge in [-0.05, 0) is 36.5 Å². The minimum atomic E-state index is -1.17. The first-order valence-corrected chi connectivity index (χ1v) is 11.3. The van der Waals surface area contributed by atoms with Gasteiger partial charge in [-0.3, -0.25) is 19.4 Å². The number of aliphatic carboxylic acids is 1. The third-order valence-corrected chi connectivity index (χ3v) is 6.10. The number of aromatic nitrogens is 1. The van der Waals surface area contributed by atoms with Gasteiger partial charge in [0.05, 0.1) is 15.6 Å². The van der Waals surface area contributed by atoms with Crippen LogP contribution < -0.4 is 26.8 Å². The lowest BCUT2D eigenvalue weighted by atomic mass is 10.0. The predicted octanol–water partition coefficient (Wildman–Crippen LogP) is 3.17. The van der Waals surface area contributed by atoms with Gasteiger partial charge in [-0.1, -0.05) is 35.3 Å². The molecule has 0 aliphatic heterocycles. The van der Waals surface area contributed by atoms with Crippen LogP contribution in [-0.4, -0.2) is 34.6 Å². The van der Waals surface area contributed by atoms with Crippen molar-refractivity contribution in [2.75, 3.05) is 22.5 Å². The fraction of sp³-hybridized carbons (Fsp3) is 0.261. The van der Waals surface area contributed by atoms with Gasteiger partial charge in [-0.25, -0.2) is 4.79 Å². The third-order valence-electron chi connectivity index (χ3n) is 5.52. The van der Waals surface area contributed by atoms with Crippen molar-refractivity contribution >= 4 is 52.1 Å². The lowest BCUT2D eigenvalue weighted by Crippen LogP contribution is -2.42. The molecule has 0 unspecified atom stereocenters. The Bertz CT molecular complexity index is 1290. The molecule has 0 spiro atoms. The second-order valence-corrected chi connectivity index (χ2v) is 8.92. The molecular weight excluding hydrogens is 483 g/mol. The van der Waals surface area contributed by atoms with Gasteiger partial charge in [0.25, 0.3) is 16.8 Å². The maximum atomic E-state index is 12.5. The molecular formula is C23H20Cl2N4O5. The van der Waals surface area contributed by atoms with Crippen LogP contribution in [0.2, 0.25) is 10.0 Å². The number of nitrogens with one attached hydrogen (secondary N) is 3. The summed E-state index contributed by atoms with van der Waals surface area (Å²) in [6.07, 6.45) is 4.82. The molecule has 1 fully saturated rings. The van der Waals surface area contributed by atoms with Crippen LogP contribution in [0.4, 0.5) is 17.1 Å². The van der Waals surface area contributed by atoms with Gasteiger partial charge in [0.1, 0.15) is 17.4 Å². The van der Waals surface area contributed by atoms with E-state index in [9.17, 15) is 24.3 Å². The van der Waals surface area contributed by atoms with Gasteiger partial charge in [0.2, 0.25) is 0 Å². The van der Waals surface area contributed by atoms with Gasteiger partial charge < -0.3 is 21.1 Å². The number of amides is 1. The molecule has 4 rings (SSSR count). The van der Waals surface area contributed by atoms with Crippen molar-refractivity contribution in [2.45, 2.75) is 25.3 Å². The average molecular weight is 503 g/mol. The Labute approximate surface area is 203 Å². The summed E-state index contributed by atoms with van der Waals surface area (Å²) in [6.45, 7) is 0.584. The second-order valence-electron chi connectivity index (χ2n) is 8.10. The zero-order valence-corrected chi connectivity index (χ0v) is 19.2. The monoisotopic (exact) mass is 502 g/mol.